The van der Waals surface area contributed by atoms with Gasteiger partial charge in [-0.3, -0.25) is 5.43 Å². The predicted octanol–water partition coefficient (Wildman–Crippen LogP) is 1.01. The molecule has 0 rings (SSSR count). The number of nitrogens with zero attached hydrogens (tertiary/aromatic N) is 1. The number of guanidine groups is 1. The van der Waals surface area contributed by atoms with E-state index in [0.29, 0.717) is 18.6 Å². The third kappa shape index (κ3) is 6.63. The third-order valence-electron chi connectivity index (χ3n) is 2.34. The van der Waals surface area contributed by atoms with Crippen molar-refractivity contribution in [2.75, 3.05) is 13.7 Å². The first kappa shape index (κ1) is 15.2. The smallest absolute Gasteiger partial charge is 0.206 e. The topological polar surface area (TPSA) is 71.7 Å². The fourth-order valence-electron chi connectivity index (χ4n) is 1.52. The van der Waals surface area contributed by atoms with Crippen LogP contribution in [0.1, 0.15) is 40.0 Å². The predicted molar refractivity (Wildman–Crippen MR) is 68.2 cm³/mol. The second kappa shape index (κ2) is 9.42. The van der Waals surface area contributed by atoms with Crippen LogP contribution in [0.25, 0.3) is 0 Å². The minimum Gasteiger partial charge on any atom is -0.383 e. The Kier molecular flexibility index (Phi) is 8.94. The molecule has 0 radical (unpaired) electrons. The van der Waals surface area contributed by atoms with Crippen LogP contribution in [0.5, 0.6) is 0 Å². The molecule has 0 bridgehead atoms. The Balaban J connectivity index is 4.27. The van der Waals surface area contributed by atoms with Gasteiger partial charge in [0.15, 0.2) is 0 Å². The van der Waals surface area contributed by atoms with Crippen LogP contribution in [-0.2, 0) is 4.74 Å². The molecule has 0 aliphatic rings. The second-order valence-corrected chi connectivity index (χ2v) is 3.97. The lowest BCUT2D eigenvalue weighted by atomic mass is 10.1. The van der Waals surface area contributed by atoms with Gasteiger partial charge >= 0.3 is 0 Å². The van der Waals surface area contributed by atoms with Crippen LogP contribution >= 0.6 is 0 Å². The summed E-state index contributed by atoms with van der Waals surface area (Å²) in [5.74, 6) is 6.08. The number of ether oxygens (including phenoxy) is 1. The van der Waals surface area contributed by atoms with Crippen LogP contribution < -0.4 is 16.6 Å². The zero-order valence-electron chi connectivity index (χ0n) is 10.9. The van der Waals surface area contributed by atoms with E-state index in [0.717, 1.165) is 19.3 Å². The van der Waals surface area contributed by atoms with Crippen LogP contribution in [0.4, 0.5) is 0 Å². The Morgan fingerprint density at radius 3 is 2.56 bits per heavy atom. The average molecular weight is 230 g/mol. The average Bonchev–Trinajstić information content (AvgIpc) is 2.27. The first-order valence-electron chi connectivity index (χ1n) is 5.97. The van der Waals surface area contributed by atoms with Crippen molar-refractivity contribution >= 4 is 5.96 Å². The molecule has 5 heteroatoms. The molecule has 0 aromatic heterocycles. The lowest BCUT2D eigenvalue weighted by Gasteiger charge is -2.18. The molecule has 16 heavy (non-hydrogen) atoms. The van der Waals surface area contributed by atoms with Crippen molar-refractivity contribution in [1.82, 2.24) is 10.7 Å². The van der Waals surface area contributed by atoms with E-state index < -0.39 is 0 Å². The quantitative estimate of drug-likeness (QED) is 0.264. The minimum absolute atomic E-state index is 0.193. The number of aliphatic imine (C=N–C) groups is 1. The van der Waals surface area contributed by atoms with Gasteiger partial charge in [0, 0.05) is 13.2 Å². The maximum absolute atomic E-state index is 5.43. The standard InChI is InChI=1S/C11H26N4O/c1-5-7-10(6-2)14-11(15-12)13-9(3)8-16-4/h9-10H,5-8,12H2,1-4H3,(H2,13,14,15). The van der Waals surface area contributed by atoms with E-state index in [-0.39, 0.29) is 6.04 Å². The van der Waals surface area contributed by atoms with E-state index in [4.69, 9.17) is 10.6 Å². The molecule has 0 spiro atoms. The van der Waals surface area contributed by atoms with Crippen LogP contribution in [0.2, 0.25) is 0 Å². The number of hydrogen-bond donors (Lipinski definition) is 3. The fourth-order valence-corrected chi connectivity index (χ4v) is 1.52. The van der Waals surface area contributed by atoms with Gasteiger partial charge < -0.3 is 10.1 Å². The number of hydrogen-bond acceptors (Lipinski definition) is 3. The summed E-state index contributed by atoms with van der Waals surface area (Å²) in [6.07, 6.45) is 3.24. The summed E-state index contributed by atoms with van der Waals surface area (Å²) >= 11 is 0. The molecular weight excluding hydrogens is 204 g/mol. The summed E-state index contributed by atoms with van der Waals surface area (Å²) < 4.78 is 5.04. The maximum atomic E-state index is 5.43. The van der Waals surface area contributed by atoms with Crippen molar-refractivity contribution in [3.05, 3.63) is 0 Å². The summed E-state index contributed by atoms with van der Waals surface area (Å²) in [6, 6.07) is 0.525. The molecule has 0 heterocycles. The van der Waals surface area contributed by atoms with E-state index in [1.165, 1.54) is 0 Å². The van der Waals surface area contributed by atoms with Crippen molar-refractivity contribution < 1.29 is 4.74 Å². The molecule has 0 aliphatic heterocycles. The molecule has 4 N–H and O–H groups in total. The summed E-state index contributed by atoms with van der Waals surface area (Å²) in [4.78, 5) is 4.54. The summed E-state index contributed by atoms with van der Waals surface area (Å²) in [6.45, 7) is 6.95. The molecule has 0 saturated carbocycles. The second-order valence-electron chi connectivity index (χ2n) is 3.97. The Bertz CT molecular complexity index is 196. The fraction of sp³-hybridized carbons (Fsp3) is 0.909. The van der Waals surface area contributed by atoms with Crippen LogP contribution in [0.3, 0.4) is 0 Å². The molecule has 0 amide bonds. The molecule has 5 nitrogen and oxygen atoms in total. The Labute approximate surface area is 98.8 Å². The Hall–Kier alpha value is -0.810. The highest BCUT2D eigenvalue weighted by atomic mass is 16.5. The minimum atomic E-state index is 0.193. The Morgan fingerprint density at radius 1 is 1.44 bits per heavy atom. The molecule has 0 aliphatic carbocycles. The van der Waals surface area contributed by atoms with Crippen LogP contribution in [0.15, 0.2) is 4.99 Å². The monoisotopic (exact) mass is 230 g/mol. The highest BCUT2D eigenvalue weighted by Gasteiger charge is 2.07. The highest BCUT2D eigenvalue weighted by Crippen LogP contribution is 2.05. The van der Waals surface area contributed by atoms with Gasteiger partial charge in [-0.1, -0.05) is 20.3 Å². The third-order valence-corrected chi connectivity index (χ3v) is 2.34. The van der Waals surface area contributed by atoms with E-state index >= 15 is 0 Å². The molecular formula is C11H26N4O. The lowest BCUT2D eigenvalue weighted by molar-refractivity contribution is 0.179. The first-order chi connectivity index (χ1) is 7.67. The zero-order chi connectivity index (χ0) is 12.4. The molecule has 0 fully saturated rings. The number of methoxy groups -OCH3 is 1. The van der Waals surface area contributed by atoms with Gasteiger partial charge in [-0.25, -0.2) is 10.8 Å². The molecule has 0 aromatic carbocycles. The summed E-state index contributed by atoms with van der Waals surface area (Å²) in [7, 11) is 1.68. The van der Waals surface area contributed by atoms with Crippen LogP contribution in [-0.4, -0.2) is 31.8 Å². The van der Waals surface area contributed by atoms with Gasteiger partial charge in [0.25, 0.3) is 0 Å². The first-order valence-corrected chi connectivity index (χ1v) is 5.97. The van der Waals surface area contributed by atoms with Gasteiger partial charge in [-0.05, 0) is 19.8 Å². The van der Waals surface area contributed by atoms with E-state index in [2.05, 4.69) is 29.6 Å². The molecule has 0 saturated heterocycles. The van der Waals surface area contributed by atoms with Crippen molar-refractivity contribution in [3.8, 4) is 0 Å². The molecule has 96 valence electrons. The van der Waals surface area contributed by atoms with Crippen molar-refractivity contribution in [2.45, 2.75) is 52.1 Å². The molecule has 0 aromatic rings. The van der Waals surface area contributed by atoms with Gasteiger partial charge in [-0.2, -0.15) is 0 Å². The van der Waals surface area contributed by atoms with Crippen LogP contribution in [0, 0.1) is 0 Å². The SMILES string of the molecule is CCCC(CC)N=C(NN)NC(C)COC. The molecule has 2 unspecified atom stereocenters. The highest BCUT2D eigenvalue weighted by molar-refractivity contribution is 5.79. The van der Waals surface area contributed by atoms with E-state index in [9.17, 15) is 0 Å². The van der Waals surface area contributed by atoms with Gasteiger partial charge in [0.05, 0.1) is 12.6 Å². The van der Waals surface area contributed by atoms with Gasteiger partial charge in [-0.15, -0.1) is 0 Å². The van der Waals surface area contributed by atoms with Gasteiger partial charge in [0.2, 0.25) is 5.96 Å². The Morgan fingerprint density at radius 2 is 2.12 bits per heavy atom. The van der Waals surface area contributed by atoms with Crippen molar-refractivity contribution in [2.24, 2.45) is 10.8 Å². The normalized spacial score (nSPS) is 15.7. The zero-order valence-corrected chi connectivity index (χ0v) is 10.9. The lowest BCUT2D eigenvalue weighted by Crippen LogP contribution is -2.47. The number of nitrogens with one attached hydrogen (secondary N) is 2. The number of rotatable bonds is 7. The summed E-state index contributed by atoms with van der Waals surface area (Å²) in [5.41, 5.74) is 2.60. The summed E-state index contributed by atoms with van der Waals surface area (Å²) in [5, 5.41) is 3.18. The largest absolute Gasteiger partial charge is 0.383 e. The van der Waals surface area contributed by atoms with Crippen molar-refractivity contribution in [3.63, 3.8) is 0 Å². The van der Waals surface area contributed by atoms with E-state index in [1.54, 1.807) is 7.11 Å². The number of nitrogens with two attached hydrogens (primary N) is 1. The maximum Gasteiger partial charge on any atom is 0.206 e. The van der Waals surface area contributed by atoms with Crippen molar-refractivity contribution in [1.29, 1.82) is 0 Å². The number of hydrazine groups is 1. The van der Waals surface area contributed by atoms with E-state index in [1.807, 2.05) is 6.92 Å². The molecule has 2 atom stereocenters. The van der Waals surface area contributed by atoms with Gasteiger partial charge in [0.1, 0.15) is 0 Å².